The van der Waals surface area contributed by atoms with Crippen molar-refractivity contribution in [3.63, 3.8) is 0 Å². The number of amides is 9. The first-order valence-corrected chi connectivity index (χ1v) is 30.2. The topological polar surface area (TPSA) is 512 Å². The summed E-state index contributed by atoms with van der Waals surface area (Å²) in [6.45, 7) is 9.87. The maximum absolute atomic E-state index is 14.7. The van der Waals surface area contributed by atoms with Gasteiger partial charge >= 0.3 is 5.97 Å². The average molecular weight is 1230 g/mol. The van der Waals surface area contributed by atoms with Crippen molar-refractivity contribution < 1.29 is 63.0 Å². The van der Waals surface area contributed by atoms with Crippen molar-refractivity contribution >= 4 is 83.0 Å². The molecular weight excluding hydrogens is 1130 g/mol. The molecule has 9 amide bonds. The zero-order valence-electron chi connectivity index (χ0n) is 50.9. The molecule has 0 aromatic heterocycles. The number of guanidine groups is 3. The van der Waals surface area contributed by atoms with Crippen LogP contribution >= 0.6 is 0 Å². The number of aliphatic imine (C=N–C) groups is 3. The predicted molar refractivity (Wildman–Crippen MR) is 320 cm³/mol. The summed E-state index contributed by atoms with van der Waals surface area (Å²) in [6.07, 6.45) is 4.67. The summed E-state index contributed by atoms with van der Waals surface area (Å²) >= 11 is 0. The van der Waals surface area contributed by atoms with Crippen LogP contribution in [0.3, 0.4) is 0 Å². The Morgan fingerprint density at radius 2 is 0.759 bits per heavy atom. The van der Waals surface area contributed by atoms with Crippen molar-refractivity contribution in [2.45, 2.75) is 198 Å². The number of nitrogens with one attached hydrogen (secondary N) is 4. The first-order chi connectivity index (χ1) is 41.1. The largest absolute Gasteiger partial charge is 0.481 e. The molecule has 10 atom stereocenters. The Hall–Kier alpha value is -8.06. The number of carboxylic acids is 2. The van der Waals surface area contributed by atoms with Crippen LogP contribution in [0.2, 0.25) is 0 Å². The monoisotopic (exact) mass is 1230 g/mol. The normalized spacial score (nSPS) is 21.6. The molecule has 0 aliphatic carbocycles. The summed E-state index contributed by atoms with van der Waals surface area (Å²) in [4.78, 5) is 168. The van der Waals surface area contributed by atoms with Gasteiger partial charge in [-0.1, -0.05) is 27.7 Å². The molecule has 87 heavy (non-hydrogen) atoms. The Morgan fingerprint density at radius 3 is 1.13 bits per heavy atom. The van der Waals surface area contributed by atoms with Crippen LogP contribution in [-0.4, -0.2) is 230 Å². The maximum atomic E-state index is 14.7. The molecule has 5 aliphatic rings. The molecule has 32 nitrogen and oxygen atoms in total. The first-order valence-electron chi connectivity index (χ1n) is 30.2. The van der Waals surface area contributed by atoms with E-state index in [4.69, 9.17) is 50.0 Å². The molecule has 488 valence electrons. The minimum atomic E-state index is -1.38. The van der Waals surface area contributed by atoms with E-state index in [9.17, 15) is 53.1 Å². The summed E-state index contributed by atoms with van der Waals surface area (Å²) < 4.78 is 0. The molecule has 0 bridgehead atoms. The predicted octanol–water partition coefficient (Wildman–Crippen LogP) is -4.14. The molecule has 5 aliphatic heterocycles. The van der Waals surface area contributed by atoms with Gasteiger partial charge in [0.2, 0.25) is 53.2 Å². The third-order valence-corrected chi connectivity index (χ3v) is 16.1. The number of hydrogen-bond donors (Lipinski definition) is 13. The van der Waals surface area contributed by atoms with E-state index in [0.29, 0.717) is 64.5 Å². The van der Waals surface area contributed by atoms with E-state index in [1.165, 1.54) is 19.6 Å². The molecule has 5 fully saturated rings. The van der Waals surface area contributed by atoms with Crippen LogP contribution in [0.5, 0.6) is 0 Å². The first kappa shape index (κ1) is 71.4. The summed E-state index contributed by atoms with van der Waals surface area (Å²) in [5.41, 5.74) is 39.0. The van der Waals surface area contributed by atoms with Crippen LogP contribution in [0.15, 0.2) is 15.0 Å². The van der Waals surface area contributed by atoms with Crippen LogP contribution in [-0.2, 0) is 52.7 Å². The molecule has 5 heterocycles. The summed E-state index contributed by atoms with van der Waals surface area (Å²) in [5, 5.41) is 28.2. The Labute approximate surface area is 507 Å². The van der Waals surface area contributed by atoms with Crippen LogP contribution in [0.1, 0.15) is 137 Å². The van der Waals surface area contributed by atoms with Gasteiger partial charge in [0.05, 0.1) is 6.04 Å². The van der Waals surface area contributed by atoms with E-state index in [0.717, 1.165) is 6.92 Å². The smallest absolute Gasteiger partial charge is 0.326 e. The number of aliphatic carboxylic acids is 2. The molecule has 20 N–H and O–H groups in total. The molecule has 0 saturated carbocycles. The zero-order chi connectivity index (χ0) is 64.8. The zero-order valence-corrected chi connectivity index (χ0v) is 50.9. The highest BCUT2D eigenvalue weighted by Crippen LogP contribution is 2.31. The van der Waals surface area contributed by atoms with Crippen molar-refractivity contribution in [3.8, 4) is 0 Å². The average Bonchev–Trinajstić information content (AvgIpc) is 1.91. The highest BCUT2D eigenvalue weighted by molar-refractivity contribution is 5.99. The Morgan fingerprint density at radius 1 is 0.448 bits per heavy atom. The van der Waals surface area contributed by atoms with Gasteiger partial charge in [-0.3, -0.25) is 62.9 Å². The van der Waals surface area contributed by atoms with Gasteiger partial charge < -0.3 is 96.1 Å². The number of likely N-dealkylation sites (tertiary alicyclic amines) is 5. The molecular formula is C55H95N19O13. The number of nitrogens with zero attached hydrogens (tertiary/aromatic N) is 8. The lowest BCUT2D eigenvalue weighted by atomic mass is 10.0. The lowest BCUT2D eigenvalue weighted by Gasteiger charge is -2.36. The third kappa shape index (κ3) is 20.8. The fourth-order valence-electron chi connectivity index (χ4n) is 11.6. The third-order valence-electron chi connectivity index (χ3n) is 16.1. The minimum Gasteiger partial charge on any atom is -0.481 e. The van der Waals surface area contributed by atoms with Crippen LogP contribution in [0, 0.1) is 11.8 Å². The van der Waals surface area contributed by atoms with Crippen molar-refractivity contribution in [1.82, 2.24) is 45.8 Å². The molecule has 5 saturated heterocycles. The molecule has 0 spiro atoms. The van der Waals surface area contributed by atoms with Crippen LogP contribution in [0.4, 0.5) is 0 Å². The quantitative estimate of drug-likeness (QED) is 0.0201. The highest BCUT2D eigenvalue weighted by Gasteiger charge is 2.48. The summed E-state index contributed by atoms with van der Waals surface area (Å²) in [5.74, 6) is -8.17. The molecule has 5 rings (SSSR count). The van der Waals surface area contributed by atoms with E-state index in [-0.39, 0.29) is 132 Å². The lowest BCUT2D eigenvalue weighted by Crippen LogP contribution is -2.60. The summed E-state index contributed by atoms with van der Waals surface area (Å²) in [7, 11) is 0. The molecule has 0 unspecified atom stereocenters. The fourth-order valence-corrected chi connectivity index (χ4v) is 11.6. The molecule has 0 aromatic rings. The van der Waals surface area contributed by atoms with Gasteiger partial charge in [0.15, 0.2) is 17.9 Å². The van der Waals surface area contributed by atoms with Crippen molar-refractivity contribution in [3.05, 3.63) is 0 Å². The summed E-state index contributed by atoms with van der Waals surface area (Å²) in [6, 6.07) is -10.4. The Bertz CT molecular complexity index is 2530. The second-order valence-corrected chi connectivity index (χ2v) is 23.3. The van der Waals surface area contributed by atoms with E-state index >= 15 is 0 Å². The molecule has 0 aromatic carbocycles. The van der Waals surface area contributed by atoms with E-state index in [1.54, 1.807) is 18.7 Å². The van der Waals surface area contributed by atoms with Gasteiger partial charge in [-0.15, -0.1) is 0 Å². The molecule has 32 heteroatoms. The van der Waals surface area contributed by atoms with E-state index < -0.39 is 114 Å². The van der Waals surface area contributed by atoms with E-state index in [2.05, 4.69) is 36.2 Å². The van der Waals surface area contributed by atoms with Gasteiger partial charge in [-0.05, 0) is 115 Å². The fraction of sp³-hybridized carbons (Fsp3) is 0.745. The lowest BCUT2D eigenvalue weighted by molar-refractivity contribution is -0.151. The number of carbonyl (C=O) groups is 11. The second-order valence-electron chi connectivity index (χ2n) is 23.3. The van der Waals surface area contributed by atoms with Gasteiger partial charge in [0, 0.05) is 59.3 Å². The van der Waals surface area contributed by atoms with Crippen LogP contribution in [0.25, 0.3) is 0 Å². The maximum Gasteiger partial charge on any atom is 0.326 e. The van der Waals surface area contributed by atoms with Gasteiger partial charge in [-0.2, -0.15) is 0 Å². The second kappa shape index (κ2) is 34.3. The molecule has 0 radical (unpaired) electrons. The van der Waals surface area contributed by atoms with Gasteiger partial charge in [0.1, 0.15) is 54.4 Å². The Balaban J connectivity index is 0.00000392. The van der Waals surface area contributed by atoms with E-state index in [1.807, 2.05) is 13.8 Å². The van der Waals surface area contributed by atoms with Gasteiger partial charge in [-0.25, -0.2) is 4.79 Å². The number of nitrogens with two attached hydrogens (primary N) is 7. The number of carbonyl (C=O) groups excluding carboxylic acids is 9. The van der Waals surface area contributed by atoms with Crippen LogP contribution < -0.4 is 61.4 Å². The number of carboxylic acid groups (broad SMARTS) is 2. The van der Waals surface area contributed by atoms with Crippen molar-refractivity contribution in [2.75, 3.05) is 52.4 Å². The standard InChI is InChI=1S/C53H91N19O11.C2H4O2/c1-29(2)39(54)48(80)71-27-11-19-37(71)47(79)70-26-10-18-36(70)45(77)69-25-9-17-35(69)44(76)67-40(30(3)4)49(81)72-28-12-20-38(72)46(78)68-24-8-16-34(68)43(75)65-32(14-6-22-62-52(57)58)41(73)64-31(13-5-21-61-51(55)56)42(74)66-33(50(82)83)15-7-23-63-53(59)60;1-2(3)4/h29-40H,5-28,54H2,1-4H3,(H,64,73)(H,65,75)(H,66,74)(H,67,76)(H,82,83)(H4,55,56,61)(H4,57,58,62)(H4,59,60,63);1H3,(H,3,4)/t31-,32-,33-,34-,35-,36+,37-,38-,39-,40-;/m0./s1. The number of hydrogen-bond acceptors (Lipinski definition) is 15. The minimum absolute atomic E-state index is 0.0321. The SMILES string of the molecule is CC(=O)O.CC(C)[C@H](N)C(=O)N1CCC[C@H]1C(=O)N1CCC[C@@H]1C(=O)N1CCC[C@H]1C(=O)N[C@H](C(=O)N1CCC[C@H]1C(=O)N1CCC[C@H]1C(=O)N[C@@H](CCCN=C(N)N)C(=O)N[C@@H](CCCN=C(N)N)C(=O)N[C@@H](CCCN=C(N)N)C(=O)O)C(C)C. The van der Waals surface area contributed by atoms with Crippen molar-refractivity contribution in [1.29, 1.82) is 0 Å². The van der Waals surface area contributed by atoms with Crippen molar-refractivity contribution in [2.24, 2.45) is 66.9 Å². The van der Waals surface area contributed by atoms with Gasteiger partial charge in [0.25, 0.3) is 5.97 Å². The Kier molecular flexibility index (Phi) is 28.2. The highest BCUT2D eigenvalue weighted by atomic mass is 16.4. The number of rotatable bonds is 28.